The number of amides is 4. The van der Waals surface area contributed by atoms with Crippen molar-refractivity contribution in [1.82, 2.24) is 9.97 Å². The van der Waals surface area contributed by atoms with Crippen LogP contribution in [0.1, 0.15) is 110 Å². The van der Waals surface area contributed by atoms with E-state index in [-0.39, 0.29) is 70.8 Å². The minimum Gasteiger partial charge on any atom is -0.492 e. The van der Waals surface area contributed by atoms with Crippen molar-refractivity contribution in [3.63, 3.8) is 0 Å². The Kier molecular flexibility index (Phi) is 21.8. The highest BCUT2D eigenvalue weighted by molar-refractivity contribution is 8.13. The Bertz CT molecular complexity index is 3530. The minimum absolute atomic E-state index is 0.129. The Morgan fingerprint density at radius 1 is 0.440 bits per heavy atom. The second kappa shape index (κ2) is 30.8. The molecule has 0 unspecified atom stereocenters. The van der Waals surface area contributed by atoms with Gasteiger partial charge >= 0.3 is 0 Å². The monoisotopic (exact) mass is 1140 g/mol. The molecule has 0 aliphatic heterocycles. The number of unbranched alkanes of at least 4 members (excludes halogenated alkanes) is 7. The van der Waals surface area contributed by atoms with Gasteiger partial charge in [-0.15, -0.1) is 0 Å². The maximum atomic E-state index is 14.0. The number of nitrogens with zero attached hydrogens (tertiary/aromatic N) is 2. The standard InChI is InChI=1S/C69H68N6O8S/c1-48(76)84-42-17-7-5-3-2-4-6-16-38-81-39-20-23-49-43-54(68(79)74-62-34-18-32-60(70-62)72-64(77)36-21-40-82-66-56-28-12-8-24-50(56)45-51-25-9-13-29-57(51)66)47-55(44-49)69(80)75-63-35-19-33-61(71-63)73-65(78)37-22-41-83-67-58-30-14-10-26-52(58)46-53-27-11-15-31-59(53)67/h8-15,18-19,24-35,43-47H,2-7,16-17,21-22,36-42H2,1H3,(H2,70,72,74,77,79)(H2,71,73,75,78,80). The van der Waals surface area contributed by atoms with Gasteiger partial charge in [-0.25, -0.2) is 9.97 Å². The molecular formula is C69H68N6O8S. The van der Waals surface area contributed by atoms with Crippen molar-refractivity contribution in [3.8, 4) is 23.3 Å². The number of rotatable bonds is 28. The topological polar surface area (TPSA) is 187 Å². The molecule has 0 spiro atoms. The van der Waals surface area contributed by atoms with Crippen LogP contribution in [0.2, 0.25) is 0 Å². The third-order valence-corrected chi connectivity index (χ3v) is 14.8. The molecule has 0 aliphatic carbocycles. The van der Waals surface area contributed by atoms with Gasteiger partial charge in [-0.3, -0.25) is 24.0 Å². The summed E-state index contributed by atoms with van der Waals surface area (Å²) < 4.78 is 18.5. The van der Waals surface area contributed by atoms with Crippen LogP contribution in [0.25, 0.3) is 43.1 Å². The first-order valence-electron chi connectivity index (χ1n) is 28.7. The van der Waals surface area contributed by atoms with Gasteiger partial charge in [0.2, 0.25) is 11.8 Å². The SMILES string of the molecule is CC(=O)SCCCCCCCCCCOCC#Cc1cc(C(=O)Nc2cccc(NC(=O)CCCOc3c4ccccc4cc4ccccc34)n2)cc(C(=O)Nc2cccc(NC(=O)CCCOc3c4ccccc4cc4ccccc34)n2)c1. The summed E-state index contributed by atoms with van der Waals surface area (Å²) >= 11 is 1.40. The predicted molar refractivity (Wildman–Crippen MR) is 338 cm³/mol. The first kappa shape index (κ1) is 59.5. The normalized spacial score (nSPS) is 11.0. The number of thioether (sulfide) groups is 1. The van der Waals surface area contributed by atoms with Crippen molar-refractivity contribution in [2.24, 2.45) is 0 Å². The van der Waals surface area contributed by atoms with E-state index in [4.69, 9.17) is 14.2 Å². The van der Waals surface area contributed by atoms with Crippen molar-refractivity contribution < 1.29 is 38.2 Å². The van der Waals surface area contributed by atoms with E-state index in [1.165, 1.54) is 37.1 Å². The summed E-state index contributed by atoms with van der Waals surface area (Å²) in [5.41, 5.74) is 0.656. The van der Waals surface area contributed by atoms with Gasteiger partial charge in [-0.05, 0) is 102 Å². The zero-order valence-electron chi connectivity index (χ0n) is 47.2. The Balaban J connectivity index is 0.792. The number of anilines is 4. The molecule has 428 valence electrons. The van der Waals surface area contributed by atoms with E-state index in [0.29, 0.717) is 38.2 Å². The van der Waals surface area contributed by atoms with Gasteiger partial charge in [0.1, 0.15) is 41.4 Å². The smallest absolute Gasteiger partial charge is 0.256 e. The van der Waals surface area contributed by atoms with Crippen LogP contribution in [0, 0.1) is 11.8 Å². The molecule has 0 radical (unpaired) electrons. The molecule has 14 nitrogen and oxygen atoms in total. The highest BCUT2D eigenvalue weighted by Gasteiger charge is 2.17. The molecule has 4 N–H and O–H groups in total. The molecule has 2 aromatic heterocycles. The zero-order valence-corrected chi connectivity index (χ0v) is 48.0. The van der Waals surface area contributed by atoms with Gasteiger partial charge in [0.15, 0.2) is 5.12 Å². The van der Waals surface area contributed by atoms with Gasteiger partial charge < -0.3 is 35.5 Å². The molecule has 2 heterocycles. The van der Waals surface area contributed by atoms with Crippen LogP contribution in [0.4, 0.5) is 23.3 Å². The summed E-state index contributed by atoms with van der Waals surface area (Å²) in [5, 5.41) is 19.8. The summed E-state index contributed by atoms with van der Waals surface area (Å²) in [6.07, 6.45) is 10.1. The lowest BCUT2D eigenvalue weighted by Gasteiger charge is -2.13. The Hall–Kier alpha value is -9.10. The highest BCUT2D eigenvalue weighted by atomic mass is 32.2. The number of benzene rings is 7. The Labute approximate surface area is 493 Å². The highest BCUT2D eigenvalue weighted by Crippen LogP contribution is 2.36. The number of fused-ring (bicyclic) bond motifs is 4. The molecule has 84 heavy (non-hydrogen) atoms. The van der Waals surface area contributed by atoms with Crippen LogP contribution >= 0.6 is 11.8 Å². The van der Waals surface area contributed by atoms with E-state index in [1.807, 2.05) is 72.8 Å². The summed E-state index contributed by atoms with van der Waals surface area (Å²) in [5.74, 6) is 7.74. The molecule has 0 saturated carbocycles. The van der Waals surface area contributed by atoms with Crippen LogP contribution < -0.4 is 30.7 Å². The first-order valence-corrected chi connectivity index (χ1v) is 29.7. The molecule has 9 aromatic rings. The molecule has 9 rings (SSSR count). The minimum atomic E-state index is -0.566. The molecular weight excluding hydrogens is 1070 g/mol. The fourth-order valence-electron chi connectivity index (χ4n) is 9.81. The van der Waals surface area contributed by atoms with Crippen LogP contribution in [-0.2, 0) is 19.1 Å². The third kappa shape index (κ3) is 17.5. The van der Waals surface area contributed by atoms with Crippen LogP contribution in [-0.4, -0.2) is 70.9 Å². The van der Waals surface area contributed by atoms with Crippen molar-refractivity contribution in [3.05, 3.63) is 180 Å². The van der Waals surface area contributed by atoms with Gasteiger partial charge in [0.05, 0.1) is 13.2 Å². The van der Waals surface area contributed by atoms with E-state index in [0.717, 1.165) is 92.4 Å². The van der Waals surface area contributed by atoms with Gasteiger partial charge in [-0.2, -0.15) is 0 Å². The fraction of sp³-hybridized carbons (Fsp3) is 0.261. The van der Waals surface area contributed by atoms with E-state index < -0.39 is 11.8 Å². The Morgan fingerprint density at radius 3 is 1.29 bits per heavy atom. The number of pyridine rings is 2. The average molecular weight is 1140 g/mol. The number of aromatic nitrogens is 2. The van der Waals surface area contributed by atoms with Crippen molar-refractivity contribution in [1.29, 1.82) is 0 Å². The lowest BCUT2D eigenvalue weighted by atomic mass is 10.0. The fourth-order valence-corrected chi connectivity index (χ4v) is 10.4. The number of nitrogens with one attached hydrogen (secondary N) is 4. The van der Waals surface area contributed by atoms with Crippen molar-refractivity contribution in [2.75, 3.05) is 53.4 Å². The summed E-state index contributed by atoms with van der Waals surface area (Å²) in [7, 11) is 0. The maximum Gasteiger partial charge on any atom is 0.256 e. The second-order valence-electron chi connectivity index (χ2n) is 20.3. The maximum absolute atomic E-state index is 14.0. The lowest BCUT2D eigenvalue weighted by molar-refractivity contribution is -0.117. The van der Waals surface area contributed by atoms with E-state index in [9.17, 15) is 24.0 Å². The summed E-state index contributed by atoms with van der Waals surface area (Å²) in [4.78, 5) is 74.4. The van der Waals surface area contributed by atoms with Crippen LogP contribution in [0.3, 0.4) is 0 Å². The van der Waals surface area contributed by atoms with Crippen molar-refractivity contribution >= 4 is 107 Å². The molecule has 0 bridgehead atoms. The number of ether oxygens (including phenoxy) is 3. The van der Waals surface area contributed by atoms with E-state index in [1.54, 1.807) is 55.5 Å². The second-order valence-corrected chi connectivity index (χ2v) is 21.6. The molecule has 15 heteroatoms. The van der Waals surface area contributed by atoms with Gasteiger partial charge in [0, 0.05) is 70.4 Å². The first-order chi connectivity index (χ1) is 41.1. The van der Waals surface area contributed by atoms with Crippen molar-refractivity contribution in [2.45, 2.75) is 84.0 Å². The van der Waals surface area contributed by atoms with Gasteiger partial charge in [-0.1, -0.05) is 171 Å². The molecule has 4 amide bonds. The molecule has 0 aliphatic rings. The number of carbonyl (C=O) groups is 5. The van der Waals surface area contributed by atoms with E-state index >= 15 is 0 Å². The lowest BCUT2D eigenvalue weighted by Crippen LogP contribution is -2.18. The molecule has 0 saturated heterocycles. The van der Waals surface area contributed by atoms with Crippen LogP contribution in [0.15, 0.2) is 164 Å². The third-order valence-electron chi connectivity index (χ3n) is 13.9. The largest absolute Gasteiger partial charge is 0.492 e. The quantitative estimate of drug-likeness (QED) is 0.0208. The molecule has 0 atom stereocenters. The summed E-state index contributed by atoms with van der Waals surface area (Å²) in [6.45, 7) is 2.97. The summed E-state index contributed by atoms with van der Waals surface area (Å²) in [6, 6.07) is 51.0. The predicted octanol–water partition coefficient (Wildman–Crippen LogP) is 15.0. The zero-order chi connectivity index (χ0) is 58.3. The average Bonchev–Trinajstić information content (AvgIpc) is 1.96. The number of hydrogen-bond donors (Lipinski definition) is 4. The number of carbonyl (C=O) groups excluding carboxylic acids is 5. The van der Waals surface area contributed by atoms with E-state index in [2.05, 4.69) is 79.5 Å². The Morgan fingerprint density at radius 2 is 0.845 bits per heavy atom. The van der Waals surface area contributed by atoms with Crippen LogP contribution in [0.5, 0.6) is 11.5 Å². The molecule has 7 aromatic carbocycles. The molecule has 0 fully saturated rings. The van der Waals surface area contributed by atoms with Gasteiger partial charge in [0.25, 0.3) is 11.8 Å². The number of hydrogen-bond acceptors (Lipinski definition) is 11.